The molecule has 0 saturated carbocycles. The molecule has 2 heterocycles. The van der Waals surface area contributed by atoms with Crippen LogP contribution in [0.15, 0.2) is 0 Å². The van der Waals surface area contributed by atoms with E-state index in [4.69, 9.17) is 5.73 Å². The number of likely N-dealkylation sites (tertiary alicyclic amines) is 1. The molecule has 1 unspecified atom stereocenters. The van der Waals surface area contributed by atoms with Crippen molar-refractivity contribution in [2.75, 3.05) is 50.9 Å². The van der Waals surface area contributed by atoms with Crippen LogP contribution in [0.2, 0.25) is 0 Å². The normalized spacial score (nSPS) is 18.5. The molecule has 1 aliphatic heterocycles. The maximum atomic E-state index is 12.6. The third-order valence-electron chi connectivity index (χ3n) is 4.00. The van der Waals surface area contributed by atoms with E-state index in [0.29, 0.717) is 16.7 Å². The fourth-order valence-corrected chi connectivity index (χ4v) is 3.65. The lowest BCUT2D eigenvalue weighted by Gasteiger charge is -2.26. The predicted molar refractivity (Wildman–Crippen MR) is 88.1 cm³/mol. The molecule has 1 aliphatic rings. The van der Waals surface area contributed by atoms with Crippen LogP contribution >= 0.6 is 11.3 Å². The van der Waals surface area contributed by atoms with Crippen LogP contribution in [0.3, 0.4) is 0 Å². The third kappa shape index (κ3) is 3.29. The van der Waals surface area contributed by atoms with Crippen molar-refractivity contribution in [3.63, 3.8) is 0 Å². The highest BCUT2D eigenvalue weighted by Crippen LogP contribution is 2.29. The number of nitrogens with zero attached hydrogens (tertiary/aromatic N) is 4. The molecule has 2 N–H and O–H groups in total. The molecule has 1 saturated heterocycles. The van der Waals surface area contributed by atoms with E-state index < -0.39 is 0 Å². The van der Waals surface area contributed by atoms with Gasteiger partial charge in [-0.05, 0) is 19.5 Å². The van der Waals surface area contributed by atoms with Crippen molar-refractivity contribution in [2.45, 2.75) is 26.3 Å². The number of rotatable bonds is 5. The summed E-state index contributed by atoms with van der Waals surface area (Å²) in [6.45, 7) is 7.97. The Morgan fingerprint density at radius 1 is 1.43 bits per heavy atom. The first kappa shape index (κ1) is 16.0. The lowest BCUT2D eigenvalue weighted by molar-refractivity contribution is 0.0783. The van der Waals surface area contributed by atoms with Crippen molar-refractivity contribution in [2.24, 2.45) is 0 Å². The van der Waals surface area contributed by atoms with Gasteiger partial charge in [0, 0.05) is 33.2 Å². The number of nitrogen functional groups attached to an aromatic ring is 1. The minimum Gasteiger partial charge on any atom is -0.382 e. The van der Waals surface area contributed by atoms with Gasteiger partial charge in [0.1, 0.15) is 10.7 Å². The SMILES string of the molecule is CCN(CC)C1CCN(C(=O)c2sc(N(C)C)nc2N)C1. The average molecular weight is 311 g/mol. The summed E-state index contributed by atoms with van der Waals surface area (Å²) >= 11 is 1.37. The summed E-state index contributed by atoms with van der Waals surface area (Å²) < 4.78 is 0. The zero-order chi connectivity index (χ0) is 15.6. The number of aromatic nitrogens is 1. The molecule has 0 aromatic carbocycles. The number of anilines is 2. The molecule has 0 spiro atoms. The maximum Gasteiger partial charge on any atom is 0.267 e. The number of nitrogens with two attached hydrogens (primary N) is 1. The second kappa shape index (κ2) is 6.62. The molecule has 7 heteroatoms. The van der Waals surface area contributed by atoms with Crippen molar-refractivity contribution in [1.82, 2.24) is 14.8 Å². The Hall–Kier alpha value is -1.34. The number of carbonyl (C=O) groups is 1. The summed E-state index contributed by atoms with van der Waals surface area (Å²) in [6, 6.07) is 0.464. The Kier molecular flexibility index (Phi) is 5.05. The van der Waals surface area contributed by atoms with E-state index in [1.165, 1.54) is 11.3 Å². The second-order valence-electron chi connectivity index (χ2n) is 5.52. The highest BCUT2D eigenvalue weighted by Gasteiger charge is 2.31. The molecule has 0 bridgehead atoms. The van der Waals surface area contributed by atoms with Crippen LogP contribution in [0.5, 0.6) is 0 Å². The quantitative estimate of drug-likeness (QED) is 0.889. The molecule has 1 fully saturated rings. The van der Waals surface area contributed by atoms with Crippen LogP contribution in [0, 0.1) is 0 Å². The predicted octanol–water partition coefficient (Wildman–Crippen LogP) is 1.35. The monoisotopic (exact) mass is 311 g/mol. The molecule has 0 radical (unpaired) electrons. The van der Waals surface area contributed by atoms with Gasteiger partial charge in [-0.15, -0.1) is 0 Å². The Morgan fingerprint density at radius 2 is 2.10 bits per heavy atom. The first-order chi connectivity index (χ1) is 9.97. The zero-order valence-electron chi connectivity index (χ0n) is 13.3. The molecule has 21 heavy (non-hydrogen) atoms. The number of thiazole rings is 1. The number of hydrogen-bond donors (Lipinski definition) is 1. The number of carbonyl (C=O) groups excluding carboxylic acids is 1. The van der Waals surface area contributed by atoms with Crippen molar-refractivity contribution >= 4 is 28.2 Å². The van der Waals surface area contributed by atoms with E-state index in [0.717, 1.165) is 37.7 Å². The summed E-state index contributed by atoms with van der Waals surface area (Å²) in [4.78, 5) is 23.6. The molecular formula is C14H25N5OS. The van der Waals surface area contributed by atoms with E-state index >= 15 is 0 Å². The fourth-order valence-electron chi connectivity index (χ4n) is 2.77. The highest BCUT2D eigenvalue weighted by molar-refractivity contribution is 7.18. The van der Waals surface area contributed by atoms with E-state index in [2.05, 4.69) is 23.7 Å². The van der Waals surface area contributed by atoms with Gasteiger partial charge in [0.2, 0.25) is 0 Å². The van der Waals surface area contributed by atoms with Gasteiger partial charge in [0.05, 0.1) is 0 Å². The summed E-state index contributed by atoms with van der Waals surface area (Å²) in [5.41, 5.74) is 5.91. The molecule has 2 rings (SSSR count). The molecule has 1 atom stereocenters. The fraction of sp³-hybridized carbons (Fsp3) is 0.714. The van der Waals surface area contributed by atoms with Gasteiger partial charge in [-0.3, -0.25) is 9.69 Å². The van der Waals surface area contributed by atoms with E-state index in [1.807, 2.05) is 23.9 Å². The summed E-state index contributed by atoms with van der Waals surface area (Å²) in [6.07, 6.45) is 1.03. The van der Waals surface area contributed by atoms with Crippen molar-refractivity contribution in [3.8, 4) is 0 Å². The molecular weight excluding hydrogens is 286 g/mol. The Balaban J connectivity index is 2.08. The van der Waals surface area contributed by atoms with Gasteiger partial charge < -0.3 is 15.5 Å². The van der Waals surface area contributed by atoms with Crippen LogP contribution in [-0.4, -0.2) is 67.0 Å². The molecule has 1 aromatic heterocycles. The van der Waals surface area contributed by atoms with Crippen molar-refractivity contribution in [3.05, 3.63) is 4.88 Å². The Labute approximate surface area is 130 Å². The van der Waals surface area contributed by atoms with E-state index in [-0.39, 0.29) is 5.91 Å². The molecule has 118 valence electrons. The van der Waals surface area contributed by atoms with Gasteiger partial charge >= 0.3 is 0 Å². The number of amides is 1. The van der Waals surface area contributed by atoms with Gasteiger partial charge in [-0.2, -0.15) is 0 Å². The summed E-state index contributed by atoms with van der Waals surface area (Å²) in [5, 5.41) is 0.773. The standard InChI is InChI=1S/C14H25N5OS/c1-5-18(6-2)10-7-8-19(9-10)13(20)11-12(15)16-14(21-11)17(3)4/h10H,5-9,15H2,1-4H3. The van der Waals surface area contributed by atoms with Gasteiger partial charge in [0.25, 0.3) is 5.91 Å². The average Bonchev–Trinajstić information content (AvgIpc) is 3.07. The van der Waals surface area contributed by atoms with Crippen molar-refractivity contribution < 1.29 is 4.79 Å². The summed E-state index contributed by atoms with van der Waals surface area (Å²) in [5.74, 6) is 0.368. The van der Waals surface area contributed by atoms with E-state index in [9.17, 15) is 4.79 Å². The molecule has 1 amide bonds. The minimum absolute atomic E-state index is 0.0211. The highest BCUT2D eigenvalue weighted by atomic mass is 32.1. The molecule has 1 aromatic rings. The Morgan fingerprint density at radius 3 is 2.62 bits per heavy atom. The van der Waals surface area contributed by atoms with E-state index in [1.54, 1.807) is 0 Å². The minimum atomic E-state index is 0.0211. The van der Waals surface area contributed by atoms with Crippen LogP contribution in [-0.2, 0) is 0 Å². The Bertz CT molecular complexity index is 498. The number of hydrogen-bond acceptors (Lipinski definition) is 6. The maximum absolute atomic E-state index is 12.6. The first-order valence-electron chi connectivity index (χ1n) is 7.44. The summed E-state index contributed by atoms with van der Waals surface area (Å²) in [7, 11) is 3.80. The van der Waals surface area contributed by atoms with Crippen LogP contribution in [0.1, 0.15) is 29.9 Å². The number of likely N-dealkylation sites (N-methyl/N-ethyl adjacent to an activating group) is 1. The van der Waals surface area contributed by atoms with Crippen molar-refractivity contribution in [1.29, 1.82) is 0 Å². The van der Waals surface area contributed by atoms with Gasteiger partial charge in [-0.25, -0.2) is 4.98 Å². The first-order valence-corrected chi connectivity index (χ1v) is 8.26. The molecule has 6 nitrogen and oxygen atoms in total. The zero-order valence-corrected chi connectivity index (χ0v) is 14.1. The third-order valence-corrected chi connectivity index (χ3v) is 5.23. The van der Waals surface area contributed by atoms with Crippen LogP contribution < -0.4 is 10.6 Å². The van der Waals surface area contributed by atoms with Gasteiger partial charge in [-0.1, -0.05) is 25.2 Å². The van der Waals surface area contributed by atoms with Gasteiger partial charge in [0.15, 0.2) is 5.13 Å². The van der Waals surface area contributed by atoms with Crippen LogP contribution in [0.4, 0.5) is 10.9 Å². The largest absolute Gasteiger partial charge is 0.382 e. The second-order valence-corrected chi connectivity index (χ2v) is 6.50. The lowest BCUT2D eigenvalue weighted by atomic mass is 10.2. The topological polar surface area (TPSA) is 65.7 Å². The molecule has 0 aliphatic carbocycles. The van der Waals surface area contributed by atoms with Crippen LogP contribution in [0.25, 0.3) is 0 Å². The lowest BCUT2D eigenvalue weighted by Crippen LogP contribution is -2.38. The smallest absolute Gasteiger partial charge is 0.267 e.